The smallest absolute Gasteiger partial charge is 0.262 e. The normalized spacial score (nSPS) is 18.4. The van der Waals surface area contributed by atoms with Crippen LogP contribution < -0.4 is 0 Å². The summed E-state index contributed by atoms with van der Waals surface area (Å²) in [5.41, 5.74) is 2.68. The Morgan fingerprint density at radius 3 is 2.48 bits per heavy atom. The van der Waals surface area contributed by atoms with E-state index in [-0.39, 0.29) is 11.4 Å². The summed E-state index contributed by atoms with van der Waals surface area (Å²) >= 11 is 0. The Morgan fingerprint density at radius 2 is 1.96 bits per heavy atom. The van der Waals surface area contributed by atoms with Crippen molar-refractivity contribution in [3.8, 4) is 11.3 Å². The number of nitrogens with zero attached hydrogens (tertiary/aromatic N) is 2. The lowest BCUT2D eigenvalue weighted by Crippen LogP contribution is -2.31. The van der Waals surface area contributed by atoms with Crippen molar-refractivity contribution in [2.24, 2.45) is 7.05 Å². The lowest BCUT2D eigenvalue weighted by Gasteiger charge is -2.17. The molecule has 1 fully saturated rings. The number of hydrogen-bond donors (Lipinski definition) is 0. The van der Waals surface area contributed by atoms with Gasteiger partial charge in [-0.3, -0.25) is 0 Å². The summed E-state index contributed by atoms with van der Waals surface area (Å²) in [5.74, 6) is -2.94. The maximum absolute atomic E-state index is 13.3. The van der Waals surface area contributed by atoms with Crippen molar-refractivity contribution in [3.63, 3.8) is 0 Å². The summed E-state index contributed by atoms with van der Waals surface area (Å²) in [7, 11) is -1.97. The summed E-state index contributed by atoms with van der Waals surface area (Å²) in [6.45, 7) is 0.932. The predicted molar refractivity (Wildman–Crippen MR) is 83.9 cm³/mol. The Hall–Kier alpha value is -1.73. The average Bonchev–Trinajstić information content (AvgIpc) is 3.04. The third-order valence-corrected chi connectivity index (χ3v) is 6.03. The maximum atomic E-state index is 13.3. The van der Waals surface area contributed by atoms with Gasteiger partial charge in [0.2, 0.25) is 10.0 Å². The number of halogens is 2. The molecule has 3 rings (SSSR count). The van der Waals surface area contributed by atoms with Gasteiger partial charge in [-0.25, -0.2) is 17.2 Å². The molecule has 0 amide bonds. The monoisotopic (exact) mass is 340 g/mol. The van der Waals surface area contributed by atoms with Crippen LogP contribution in [0.15, 0.2) is 41.4 Å². The molecule has 1 aliphatic rings. The van der Waals surface area contributed by atoms with Crippen molar-refractivity contribution in [2.75, 3.05) is 13.1 Å². The molecule has 0 radical (unpaired) electrons. The minimum atomic E-state index is -3.88. The van der Waals surface area contributed by atoms with Gasteiger partial charge in [0.1, 0.15) is 0 Å². The molecule has 2 aromatic rings. The van der Waals surface area contributed by atoms with Crippen LogP contribution in [0.3, 0.4) is 0 Å². The van der Waals surface area contributed by atoms with Gasteiger partial charge >= 0.3 is 0 Å². The van der Waals surface area contributed by atoms with E-state index >= 15 is 0 Å². The zero-order valence-corrected chi connectivity index (χ0v) is 13.8. The van der Waals surface area contributed by atoms with Gasteiger partial charge < -0.3 is 4.57 Å². The fourth-order valence-electron chi connectivity index (χ4n) is 2.88. The van der Waals surface area contributed by atoms with Crippen molar-refractivity contribution >= 4 is 10.0 Å². The molecule has 1 aromatic carbocycles. The third-order valence-electron chi connectivity index (χ3n) is 4.19. The van der Waals surface area contributed by atoms with Crippen molar-refractivity contribution in [3.05, 3.63) is 42.1 Å². The molecule has 2 heterocycles. The quantitative estimate of drug-likeness (QED) is 0.862. The molecule has 0 N–H and O–H groups in total. The first kappa shape index (κ1) is 16.1. The number of hydrogen-bond acceptors (Lipinski definition) is 2. The highest BCUT2D eigenvalue weighted by Crippen LogP contribution is 2.32. The maximum Gasteiger partial charge on any atom is 0.262 e. The van der Waals surface area contributed by atoms with Crippen LogP contribution in [0.4, 0.5) is 8.78 Å². The lowest BCUT2D eigenvalue weighted by atomic mass is 10.1. The summed E-state index contributed by atoms with van der Waals surface area (Å²) in [6, 6.07) is 8.62. The highest BCUT2D eigenvalue weighted by molar-refractivity contribution is 7.89. The van der Waals surface area contributed by atoms with Gasteiger partial charge in [0.25, 0.3) is 5.92 Å². The Morgan fingerprint density at radius 1 is 1.22 bits per heavy atom. The second kappa shape index (κ2) is 5.42. The molecule has 0 spiro atoms. The average molecular weight is 340 g/mol. The Balaban J connectivity index is 1.96. The van der Waals surface area contributed by atoms with Gasteiger partial charge in [0, 0.05) is 37.5 Å². The van der Waals surface area contributed by atoms with Gasteiger partial charge in [0.15, 0.2) is 0 Å². The van der Waals surface area contributed by atoms with E-state index in [9.17, 15) is 17.2 Å². The minimum Gasteiger partial charge on any atom is -0.351 e. The van der Waals surface area contributed by atoms with Crippen molar-refractivity contribution < 1.29 is 17.2 Å². The van der Waals surface area contributed by atoms with E-state index in [0.717, 1.165) is 21.1 Å². The van der Waals surface area contributed by atoms with Crippen LogP contribution in [0.1, 0.15) is 12.0 Å². The number of rotatable bonds is 3. The molecule has 0 unspecified atom stereocenters. The number of sulfonamides is 1. The molecular weight excluding hydrogens is 322 g/mol. The van der Waals surface area contributed by atoms with Crippen LogP contribution in [0, 0.1) is 6.92 Å². The first-order chi connectivity index (χ1) is 10.7. The minimum absolute atomic E-state index is 0.0608. The molecule has 4 nitrogen and oxygen atoms in total. The van der Waals surface area contributed by atoms with Crippen LogP contribution in [0.2, 0.25) is 0 Å². The molecule has 0 bridgehead atoms. The van der Waals surface area contributed by atoms with Crippen LogP contribution in [0.5, 0.6) is 0 Å². The Bertz CT molecular complexity index is 844. The molecule has 23 heavy (non-hydrogen) atoms. The van der Waals surface area contributed by atoms with Crippen molar-refractivity contribution in [1.29, 1.82) is 0 Å². The van der Waals surface area contributed by atoms with Gasteiger partial charge in [-0.15, -0.1) is 0 Å². The van der Waals surface area contributed by atoms with E-state index in [1.54, 1.807) is 12.1 Å². The molecule has 1 saturated heterocycles. The van der Waals surface area contributed by atoms with E-state index in [4.69, 9.17) is 0 Å². The second-order valence-corrected chi connectivity index (χ2v) is 7.86. The number of aryl methyl sites for hydroxylation is 2. The van der Waals surface area contributed by atoms with Crippen LogP contribution in [-0.4, -0.2) is 36.3 Å². The van der Waals surface area contributed by atoms with Gasteiger partial charge in [-0.05, 0) is 36.8 Å². The van der Waals surface area contributed by atoms with E-state index in [1.165, 1.54) is 6.07 Å². The summed E-state index contributed by atoms with van der Waals surface area (Å²) in [6.07, 6.45) is 1.48. The fraction of sp³-hybridized carbons (Fsp3) is 0.375. The zero-order chi connectivity index (χ0) is 16.8. The molecular formula is C16H18F2N2O2S. The van der Waals surface area contributed by atoms with Gasteiger partial charge in [0.05, 0.1) is 11.4 Å². The van der Waals surface area contributed by atoms with Crippen LogP contribution in [-0.2, 0) is 17.1 Å². The highest BCUT2D eigenvalue weighted by atomic mass is 32.2. The second-order valence-electron chi connectivity index (χ2n) is 5.93. The largest absolute Gasteiger partial charge is 0.351 e. The standard InChI is InChI=1S/C16H18F2N2O2S/c1-12-10-13(5-6-14(12)15-4-3-8-19(15)2)23(21,22)20-9-7-16(17,18)11-20/h3-6,8,10H,7,9,11H2,1-2H3. The van der Waals surface area contributed by atoms with Gasteiger partial charge in [-0.1, -0.05) is 6.07 Å². The molecule has 1 aliphatic heterocycles. The topological polar surface area (TPSA) is 42.3 Å². The van der Waals surface area contributed by atoms with Crippen molar-refractivity contribution in [2.45, 2.75) is 24.2 Å². The Kier molecular flexibility index (Phi) is 3.80. The highest BCUT2D eigenvalue weighted by Gasteiger charge is 2.43. The fourth-order valence-corrected chi connectivity index (χ4v) is 4.44. The molecule has 7 heteroatoms. The number of benzene rings is 1. The number of alkyl halides is 2. The zero-order valence-electron chi connectivity index (χ0n) is 13.0. The molecule has 124 valence electrons. The summed E-state index contributed by atoms with van der Waals surface area (Å²) in [5, 5.41) is 0. The van der Waals surface area contributed by atoms with Crippen LogP contribution >= 0.6 is 0 Å². The van der Waals surface area contributed by atoms with Crippen LogP contribution in [0.25, 0.3) is 11.3 Å². The molecule has 0 aliphatic carbocycles. The summed E-state index contributed by atoms with van der Waals surface area (Å²) in [4.78, 5) is 0.0608. The van der Waals surface area contributed by atoms with E-state index in [1.807, 2.05) is 36.9 Å². The number of aromatic nitrogens is 1. The molecule has 0 atom stereocenters. The van der Waals surface area contributed by atoms with Crippen molar-refractivity contribution in [1.82, 2.24) is 8.87 Å². The SMILES string of the molecule is Cc1cc(S(=O)(=O)N2CCC(F)(F)C2)ccc1-c1cccn1C. The van der Waals surface area contributed by atoms with E-state index in [2.05, 4.69) is 0 Å². The van der Waals surface area contributed by atoms with Gasteiger partial charge in [-0.2, -0.15) is 4.31 Å². The molecule has 1 aromatic heterocycles. The third kappa shape index (κ3) is 2.90. The van der Waals surface area contributed by atoms with E-state index < -0.39 is 28.9 Å². The first-order valence-corrected chi connectivity index (χ1v) is 8.75. The first-order valence-electron chi connectivity index (χ1n) is 7.31. The molecule has 0 saturated carbocycles. The lowest BCUT2D eigenvalue weighted by molar-refractivity contribution is 0.0183. The Labute approximate surface area is 134 Å². The van der Waals surface area contributed by atoms with E-state index in [0.29, 0.717) is 0 Å². The predicted octanol–water partition coefficient (Wildman–Crippen LogP) is 3.03. The summed E-state index contributed by atoms with van der Waals surface area (Å²) < 4.78 is 54.5.